The van der Waals surface area contributed by atoms with Crippen LogP contribution < -0.4 is 11.1 Å². The zero-order chi connectivity index (χ0) is 12.0. The Balaban J connectivity index is 2.99. The van der Waals surface area contributed by atoms with Crippen LogP contribution in [-0.2, 0) is 0 Å². The first kappa shape index (κ1) is 12.5. The Kier molecular flexibility index (Phi) is 4.27. The Hall–Kier alpha value is -1.60. The summed E-state index contributed by atoms with van der Waals surface area (Å²) in [5, 5.41) is 12.3. The fourth-order valence-corrected chi connectivity index (χ4v) is 1.65. The number of nitrogens with two attached hydrogens (primary N) is 1. The lowest BCUT2D eigenvalue weighted by atomic mass is 9.92. The van der Waals surface area contributed by atoms with E-state index in [1.165, 1.54) is 0 Å². The van der Waals surface area contributed by atoms with Gasteiger partial charge < -0.3 is 11.1 Å². The molecule has 0 aromatic carbocycles. The zero-order valence-electron chi connectivity index (χ0n) is 9.83. The van der Waals surface area contributed by atoms with Crippen molar-refractivity contribution in [1.29, 1.82) is 5.26 Å². The van der Waals surface area contributed by atoms with Gasteiger partial charge in [-0.2, -0.15) is 5.26 Å². The molecule has 3 N–H and O–H groups in total. The molecule has 1 rings (SSSR count). The summed E-state index contributed by atoms with van der Waals surface area (Å²) >= 11 is 0. The van der Waals surface area contributed by atoms with E-state index in [4.69, 9.17) is 11.0 Å². The molecule has 86 valence electrons. The minimum Gasteiger partial charge on any atom is -0.376 e. The van der Waals surface area contributed by atoms with Gasteiger partial charge in [-0.1, -0.05) is 13.8 Å². The van der Waals surface area contributed by atoms with Crippen LogP contribution in [0.15, 0.2) is 18.3 Å². The molecule has 0 radical (unpaired) electrons. The van der Waals surface area contributed by atoms with Crippen LogP contribution in [0, 0.1) is 11.3 Å². The molecule has 0 aliphatic carbocycles. The molecule has 0 atom stereocenters. The summed E-state index contributed by atoms with van der Waals surface area (Å²) in [7, 11) is 0. The van der Waals surface area contributed by atoms with Gasteiger partial charge in [0.15, 0.2) is 5.69 Å². The Labute approximate surface area is 96.5 Å². The SMILES string of the molecule is CCC(CC)(CN)Nc1cccnc1C#N. The second-order valence-electron chi connectivity index (χ2n) is 3.83. The summed E-state index contributed by atoms with van der Waals surface area (Å²) in [5.41, 5.74) is 6.84. The molecule has 0 aliphatic heterocycles. The van der Waals surface area contributed by atoms with Gasteiger partial charge in [-0.3, -0.25) is 0 Å². The number of nitrogens with one attached hydrogen (secondary N) is 1. The van der Waals surface area contributed by atoms with Gasteiger partial charge >= 0.3 is 0 Å². The third-order valence-electron chi connectivity index (χ3n) is 3.06. The quantitative estimate of drug-likeness (QED) is 0.791. The van der Waals surface area contributed by atoms with Gasteiger partial charge in [0.05, 0.1) is 5.69 Å². The normalized spacial score (nSPS) is 10.9. The summed E-state index contributed by atoms with van der Waals surface area (Å²) in [4.78, 5) is 4.02. The van der Waals surface area contributed by atoms with Crippen LogP contribution in [-0.4, -0.2) is 17.1 Å². The highest BCUT2D eigenvalue weighted by atomic mass is 15.0. The second-order valence-corrected chi connectivity index (χ2v) is 3.83. The summed E-state index contributed by atoms with van der Waals surface area (Å²) in [6, 6.07) is 5.75. The van der Waals surface area contributed by atoms with E-state index < -0.39 is 0 Å². The summed E-state index contributed by atoms with van der Waals surface area (Å²) in [6.45, 7) is 4.72. The van der Waals surface area contributed by atoms with E-state index in [0.29, 0.717) is 12.2 Å². The molecule has 1 aromatic rings. The number of pyridine rings is 1. The van der Waals surface area contributed by atoms with Crippen molar-refractivity contribution in [2.75, 3.05) is 11.9 Å². The Morgan fingerprint density at radius 1 is 1.50 bits per heavy atom. The molecule has 4 nitrogen and oxygen atoms in total. The molecular weight excluding hydrogens is 200 g/mol. The summed E-state index contributed by atoms with van der Waals surface area (Å²) < 4.78 is 0. The fraction of sp³-hybridized carbons (Fsp3) is 0.500. The summed E-state index contributed by atoms with van der Waals surface area (Å²) in [5.74, 6) is 0. The van der Waals surface area contributed by atoms with Crippen molar-refractivity contribution in [2.24, 2.45) is 5.73 Å². The maximum atomic E-state index is 8.95. The fourth-order valence-electron chi connectivity index (χ4n) is 1.65. The van der Waals surface area contributed by atoms with Crippen LogP contribution in [0.4, 0.5) is 5.69 Å². The molecule has 0 amide bonds. The Bertz CT molecular complexity index is 369. The van der Waals surface area contributed by atoms with Gasteiger partial charge in [0.2, 0.25) is 0 Å². The van der Waals surface area contributed by atoms with Crippen molar-refractivity contribution in [3.8, 4) is 6.07 Å². The molecular formula is C12H18N4. The van der Waals surface area contributed by atoms with Crippen molar-refractivity contribution in [2.45, 2.75) is 32.2 Å². The molecule has 1 aromatic heterocycles. The highest BCUT2D eigenvalue weighted by Crippen LogP contribution is 2.22. The smallest absolute Gasteiger partial charge is 0.163 e. The molecule has 4 heteroatoms. The molecule has 0 aliphatic rings. The first-order valence-corrected chi connectivity index (χ1v) is 5.54. The van der Waals surface area contributed by atoms with E-state index in [9.17, 15) is 0 Å². The minimum atomic E-state index is -0.144. The molecule has 0 unspecified atom stereocenters. The Morgan fingerprint density at radius 3 is 2.69 bits per heavy atom. The van der Waals surface area contributed by atoms with Gasteiger partial charge in [0.1, 0.15) is 6.07 Å². The molecule has 0 saturated heterocycles. The van der Waals surface area contributed by atoms with Crippen molar-refractivity contribution in [3.05, 3.63) is 24.0 Å². The van der Waals surface area contributed by atoms with E-state index in [1.807, 2.05) is 12.1 Å². The maximum absolute atomic E-state index is 8.95. The lowest BCUT2D eigenvalue weighted by molar-refractivity contribution is 0.445. The largest absolute Gasteiger partial charge is 0.376 e. The lowest BCUT2D eigenvalue weighted by Gasteiger charge is -2.32. The van der Waals surface area contributed by atoms with Gasteiger partial charge in [-0.15, -0.1) is 0 Å². The average Bonchev–Trinajstić information content (AvgIpc) is 2.36. The lowest BCUT2D eigenvalue weighted by Crippen LogP contribution is -2.44. The third-order valence-corrected chi connectivity index (χ3v) is 3.06. The zero-order valence-corrected chi connectivity index (χ0v) is 9.83. The maximum Gasteiger partial charge on any atom is 0.163 e. The van der Waals surface area contributed by atoms with E-state index in [0.717, 1.165) is 18.5 Å². The van der Waals surface area contributed by atoms with Crippen LogP contribution in [0.1, 0.15) is 32.4 Å². The second kappa shape index (κ2) is 5.47. The number of hydrogen-bond acceptors (Lipinski definition) is 4. The van der Waals surface area contributed by atoms with Crippen molar-refractivity contribution >= 4 is 5.69 Å². The van der Waals surface area contributed by atoms with Crippen LogP contribution >= 0.6 is 0 Å². The highest BCUT2D eigenvalue weighted by Gasteiger charge is 2.24. The number of nitrogens with zero attached hydrogens (tertiary/aromatic N) is 2. The monoisotopic (exact) mass is 218 g/mol. The highest BCUT2D eigenvalue weighted by molar-refractivity contribution is 5.55. The van der Waals surface area contributed by atoms with Crippen LogP contribution in [0.5, 0.6) is 0 Å². The van der Waals surface area contributed by atoms with Crippen LogP contribution in [0.3, 0.4) is 0 Å². The van der Waals surface area contributed by atoms with E-state index in [1.54, 1.807) is 6.20 Å². The number of anilines is 1. The molecule has 1 heterocycles. The van der Waals surface area contributed by atoms with Crippen molar-refractivity contribution in [3.63, 3.8) is 0 Å². The van der Waals surface area contributed by atoms with Crippen molar-refractivity contribution < 1.29 is 0 Å². The first-order valence-electron chi connectivity index (χ1n) is 5.54. The molecule has 0 saturated carbocycles. The van der Waals surface area contributed by atoms with Gasteiger partial charge in [-0.05, 0) is 25.0 Å². The number of hydrogen-bond donors (Lipinski definition) is 2. The third kappa shape index (κ3) is 2.50. The van der Waals surface area contributed by atoms with E-state index >= 15 is 0 Å². The predicted molar refractivity (Wildman–Crippen MR) is 64.9 cm³/mol. The van der Waals surface area contributed by atoms with Crippen LogP contribution in [0.25, 0.3) is 0 Å². The molecule has 16 heavy (non-hydrogen) atoms. The minimum absolute atomic E-state index is 0.144. The summed E-state index contributed by atoms with van der Waals surface area (Å²) in [6.07, 6.45) is 3.45. The average molecular weight is 218 g/mol. The number of rotatable bonds is 5. The van der Waals surface area contributed by atoms with E-state index in [-0.39, 0.29) is 5.54 Å². The van der Waals surface area contributed by atoms with Gasteiger partial charge in [0.25, 0.3) is 0 Å². The van der Waals surface area contributed by atoms with Crippen LogP contribution in [0.2, 0.25) is 0 Å². The molecule has 0 fully saturated rings. The predicted octanol–water partition coefficient (Wildman–Crippen LogP) is 1.88. The first-order chi connectivity index (χ1) is 7.71. The van der Waals surface area contributed by atoms with Crippen molar-refractivity contribution in [1.82, 2.24) is 4.98 Å². The van der Waals surface area contributed by atoms with E-state index in [2.05, 4.69) is 30.2 Å². The standard InChI is InChI=1S/C12H18N4/c1-3-12(4-2,9-14)16-10-6-5-7-15-11(10)8-13/h5-7,16H,3-4,9,14H2,1-2H3. The molecule has 0 spiro atoms. The Morgan fingerprint density at radius 2 is 2.19 bits per heavy atom. The van der Waals surface area contributed by atoms with Gasteiger partial charge in [-0.25, -0.2) is 4.98 Å². The molecule has 0 bridgehead atoms. The number of aromatic nitrogens is 1. The van der Waals surface area contributed by atoms with Gasteiger partial charge in [0, 0.05) is 18.3 Å². The topological polar surface area (TPSA) is 74.7 Å². The number of nitriles is 1.